The van der Waals surface area contributed by atoms with Crippen molar-refractivity contribution in [2.45, 2.75) is 53.9 Å². The second kappa shape index (κ2) is 8.64. The third-order valence-corrected chi connectivity index (χ3v) is 5.74. The molecule has 2 heterocycles. The van der Waals surface area contributed by atoms with Gasteiger partial charge >= 0.3 is 0 Å². The molecule has 0 spiro atoms. The number of likely N-dealkylation sites (tertiary alicyclic amines) is 1. The molecule has 0 aromatic carbocycles. The number of piperidine rings is 1. The summed E-state index contributed by atoms with van der Waals surface area (Å²) in [5.74, 6) is 1.47. The summed E-state index contributed by atoms with van der Waals surface area (Å²) in [4.78, 5) is 26.5. The fourth-order valence-electron chi connectivity index (χ4n) is 3.73. The van der Waals surface area contributed by atoms with Gasteiger partial charge in [0.15, 0.2) is 5.69 Å². The summed E-state index contributed by atoms with van der Waals surface area (Å²) in [5.41, 5.74) is 0.386. The molecule has 0 atom stereocenters. The maximum absolute atomic E-state index is 12.4. The van der Waals surface area contributed by atoms with Gasteiger partial charge in [-0.1, -0.05) is 34.6 Å². The van der Waals surface area contributed by atoms with Gasteiger partial charge in [0, 0.05) is 26.1 Å². The summed E-state index contributed by atoms with van der Waals surface area (Å²) < 4.78 is 0. The number of aromatic nitrogens is 3. The van der Waals surface area contributed by atoms with Crippen molar-refractivity contribution in [1.29, 1.82) is 0 Å². The van der Waals surface area contributed by atoms with Gasteiger partial charge in [-0.25, -0.2) is 0 Å². The van der Waals surface area contributed by atoms with Gasteiger partial charge in [-0.2, -0.15) is 15.4 Å². The smallest absolute Gasteiger partial charge is 0.276 e. The van der Waals surface area contributed by atoms with Crippen molar-refractivity contribution in [3.8, 4) is 0 Å². The quantitative estimate of drug-likeness (QED) is 0.778. The third-order valence-electron chi connectivity index (χ3n) is 5.74. The monoisotopic (exact) mass is 363 g/mol. The molecule has 2 N–H and O–H groups in total. The molecular formula is C19H33N5O2. The number of rotatable bonds is 7. The zero-order chi connectivity index (χ0) is 19.3. The molecule has 7 nitrogen and oxygen atoms in total. The standard InChI is InChI=1S/C19H33N5O2/c1-13(2)15(14(3)4)10-17(25)20-12-19(5)6-8-24(9-7-19)18(26)16-11-21-23-22-16/h11,13-15H,6-10,12H2,1-5H3,(H,20,25)(H,21,22,23). The normalized spacial score (nSPS) is 17.2. The van der Waals surface area contributed by atoms with E-state index >= 15 is 0 Å². The van der Waals surface area contributed by atoms with Crippen molar-refractivity contribution in [1.82, 2.24) is 25.6 Å². The number of aromatic amines is 1. The molecule has 0 saturated carbocycles. The second-order valence-corrected chi connectivity index (χ2v) is 8.59. The number of nitrogens with one attached hydrogen (secondary N) is 2. The van der Waals surface area contributed by atoms with E-state index in [0.717, 1.165) is 12.8 Å². The van der Waals surface area contributed by atoms with Crippen molar-refractivity contribution in [2.24, 2.45) is 23.2 Å². The Morgan fingerprint density at radius 3 is 2.35 bits per heavy atom. The Balaban J connectivity index is 1.80. The summed E-state index contributed by atoms with van der Waals surface area (Å²) in [6.07, 6.45) is 3.78. The molecule has 1 aliphatic heterocycles. The molecule has 7 heteroatoms. The van der Waals surface area contributed by atoms with E-state index in [9.17, 15) is 9.59 Å². The van der Waals surface area contributed by atoms with Crippen molar-refractivity contribution in [3.63, 3.8) is 0 Å². The van der Waals surface area contributed by atoms with Crippen LogP contribution in [0.25, 0.3) is 0 Å². The van der Waals surface area contributed by atoms with Crippen LogP contribution >= 0.6 is 0 Å². The average molecular weight is 364 g/mol. The van der Waals surface area contributed by atoms with E-state index in [1.165, 1.54) is 6.20 Å². The Morgan fingerprint density at radius 2 is 1.85 bits per heavy atom. The highest BCUT2D eigenvalue weighted by atomic mass is 16.2. The molecule has 1 saturated heterocycles. The van der Waals surface area contributed by atoms with Crippen LogP contribution in [0, 0.1) is 23.2 Å². The molecular weight excluding hydrogens is 330 g/mol. The van der Waals surface area contributed by atoms with Crippen molar-refractivity contribution >= 4 is 11.8 Å². The molecule has 0 bridgehead atoms. The molecule has 0 unspecified atom stereocenters. The number of carbonyl (C=O) groups excluding carboxylic acids is 2. The number of nitrogens with zero attached hydrogens (tertiary/aromatic N) is 3. The molecule has 2 rings (SSSR count). The second-order valence-electron chi connectivity index (χ2n) is 8.59. The summed E-state index contributed by atoms with van der Waals surface area (Å²) in [6, 6.07) is 0. The average Bonchev–Trinajstić information content (AvgIpc) is 3.12. The lowest BCUT2D eigenvalue weighted by molar-refractivity contribution is -0.123. The van der Waals surface area contributed by atoms with Gasteiger partial charge in [0.1, 0.15) is 0 Å². The summed E-state index contributed by atoms with van der Waals surface area (Å²) >= 11 is 0. The summed E-state index contributed by atoms with van der Waals surface area (Å²) in [6.45, 7) is 12.9. The lowest BCUT2D eigenvalue weighted by Crippen LogP contribution is -2.47. The Morgan fingerprint density at radius 1 is 1.23 bits per heavy atom. The van der Waals surface area contributed by atoms with Gasteiger partial charge in [0.05, 0.1) is 6.20 Å². The van der Waals surface area contributed by atoms with Gasteiger partial charge in [-0.05, 0) is 36.0 Å². The molecule has 1 aromatic heterocycles. The molecule has 0 aliphatic carbocycles. The van der Waals surface area contributed by atoms with Crippen LogP contribution in [0.2, 0.25) is 0 Å². The molecule has 2 amide bonds. The van der Waals surface area contributed by atoms with E-state index in [4.69, 9.17) is 0 Å². The summed E-state index contributed by atoms with van der Waals surface area (Å²) in [5, 5.41) is 13.2. The highest BCUT2D eigenvalue weighted by Gasteiger charge is 2.33. The van der Waals surface area contributed by atoms with Gasteiger partial charge < -0.3 is 10.2 Å². The van der Waals surface area contributed by atoms with E-state index in [2.05, 4.69) is 55.3 Å². The number of hydrogen-bond donors (Lipinski definition) is 2. The number of carbonyl (C=O) groups is 2. The largest absolute Gasteiger partial charge is 0.356 e. The fraction of sp³-hybridized carbons (Fsp3) is 0.789. The van der Waals surface area contributed by atoms with Crippen molar-refractivity contribution < 1.29 is 9.59 Å². The van der Waals surface area contributed by atoms with Crippen LogP contribution < -0.4 is 5.32 Å². The third kappa shape index (κ3) is 5.29. The van der Waals surface area contributed by atoms with Crippen LogP contribution in [-0.4, -0.2) is 51.8 Å². The Bertz CT molecular complexity index is 581. The molecule has 26 heavy (non-hydrogen) atoms. The lowest BCUT2D eigenvalue weighted by Gasteiger charge is -2.39. The van der Waals surface area contributed by atoms with E-state index in [-0.39, 0.29) is 17.2 Å². The highest BCUT2D eigenvalue weighted by Crippen LogP contribution is 2.31. The van der Waals surface area contributed by atoms with Crippen molar-refractivity contribution in [2.75, 3.05) is 19.6 Å². The van der Waals surface area contributed by atoms with E-state index in [1.54, 1.807) is 0 Å². The SMILES string of the molecule is CC(C)C(CC(=O)NCC1(C)CCN(C(=O)c2cn[nH]n2)CC1)C(C)C. The summed E-state index contributed by atoms with van der Waals surface area (Å²) in [7, 11) is 0. The van der Waals surface area contributed by atoms with Gasteiger partial charge in [-0.3, -0.25) is 9.59 Å². The molecule has 0 radical (unpaired) electrons. The molecule has 1 fully saturated rings. The maximum atomic E-state index is 12.4. The zero-order valence-corrected chi connectivity index (χ0v) is 16.7. The first-order valence-electron chi connectivity index (χ1n) is 9.63. The Kier molecular flexibility index (Phi) is 6.78. The molecule has 1 aromatic rings. The van der Waals surface area contributed by atoms with Crippen molar-refractivity contribution in [3.05, 3.63) is 11.9 Å². The minimum Gasteiger partial charge on any atom is -0.356 e. The zero-order valence-electron chi connectivity index (χ0n) is 16.7. The first-order chi connectivity index (χ1) is 12.2. The van der Waals surface area contributed by atoms with Crippen LogP contribution in [0.15, 0.2) is 6.20 Å². The van der Waals surface area contributed by atoms with E-state index in [0.29, 0.717) is 49.5 Å². The van der Waals surface area contributed by atoms with Crippen LogP contribution in [0.4, 0.5) is 0 Å². The fourth-order valence-corrected chi connectivity index (χ4v) is 3.73. The van der Waals surface area contributed by atoms with Gasteiger partial charge in [0.25, 0.3) is 5.91 Å². The number of hydrogen-bond acceptors (Lipinski definition) is 4. The predicted octanol–water partition coefficient (Wildman–Crippen LogP) is 2.48. The first kappa shape index (κ1) is 20.4. The number of H-pyrrole nitrogens is 1. The molecule has 1 aliphatic rings. The van der Waals surface area contributed by atoms with Gasteiger partial charge in [0.2, 0.25) is 5.91 Å². The number of amides is 2. The minimum absolute atomic E-state index is 0.0292. The predicted molar refractivity (Wildman–Crippen MR) is 100 cm³/mol. The Labute approximate surface area is 156 Å². The Hall–Kier alpha value is -1.92. The van der Waals surface area contributed by atoms with Crippen LogP contribution in [0.1, 0.15) is 64.4 Å². The maximum Gasteiger partial charge on any atom is 0.276 e. The van der Waals surface area contributed by atoms with Crippen LogP contribution in [0.5, 0.6) is 0 Å². The topological polar surface area (TPSA) is 91.0 Å². The van der Waals surface area contributed by atoms with Crippen LogP contribution in [-0.2, 0) is 4.79 Å². The first-order valence-corrected chi connectivity index (χ1v) is 9.63. The minimum atomic E-state index is -0.0819. The van der Waals surface area contributed by atoms with Crippen LogP contribution in [0.3, 0.4) is 0 Å². The van der Waals surface area contributed by atoms with Gasteiger partial charge in [-0.15, -0.1) is 0 Å². The molecule has 146 valence electrons. The highest BCUT2D eigenvalue weighted by molar-refractivity contribution is 5.91. The lowest BCUT2D eigenvalue weighted by atomic mass is 9.79. The van der Waals surface area contributed by atoms with E-state index < -0.39 is 0 Å². The van der Waals surface area contributed by atoms with E-state index in [1.807, 2.05) is 4.90 Å².